The van der Waals surface area contributed by atoms with E-state index >= 15 is 0 Å². The van der Waals surface area contributed by atoms with Gasteiger partial charge in [0.2, 0.25) is 5.95 Å². The second-order valence-electron chi connectivity index (χ2n) is 5.36. The molecule has 0 saturated carbocycles. The Labute approximate surface area is 153 Å². The zero-order valence-electron chi connectivity index (χ0n) is 13.4. The molecule has 0 aliphatic carbocycles. The zero-order chi connectivity index (χ0) is 18.7. The highest BCUT2D eigenvalue weighted by Crippen LogP contribution is 2.27. The molecule has 1 aromatic heterocycles. The van der Waals surface area contributed by atoms with Crippen LogP contribution in [0.4, 0.5) is 16.2 Å². The Hall–Kier alpha value is -3.37. The van der Waals surface area contributed by atoms with Gasteiger partial charge in [0.05, 0.1) is 10.7 Å². The summed E-state index contributed by atoms with van der Waals surface area (Å²) >= 11 is 5.75. The standard InChI is InChI=1S/C18H13ClFN5O/c19-14-7-10(1-6-15(14)20)9-26-12-4-2-11(3-5-12)16-13(8-21)17(22)25-18(23)24-16/h1-7H,9H2,(H4,22,23,24,25). The van der Waals surface area contributed by atoms with Gasteiger partial charge in [-0.25, -0.2) is 9.37 Å². The molecule has 0 atom stereocenters. The lowest BCUT2D eigenvalue weighted by Crippen LogP contribution is -2.05. The van der Waals surface area contributed by atoms with Crippen molar-refractivity contribution in [1.82, 2.24) is 9.97 Å². The van der Waals surface area contributed by atoms with E-state index in [0.29, 0.717) is 17.0 Å². The van der Waals surface area contributed by atoms with Gasteiger partial charge >= 0.3 is 0 Å². The first-order chi connectivity index (χ1) is 12.5. The van der Waals surface area contributed by atoms with Gasteiger partial charge in [0.15, 0.2) is 0 Å². The molecule has 0 aliphatic rings. The summed E-state index contributed by atoms with van der Waals surface area (Å²) in [5, 5.41) is 9.29. The maximum absolute atomic E-state index is 13.2. The molecule has 0 amide bonds. The van der Waals surface area contributed by atoms with Crippen molar-refractivity contribution in [3.05, 3.63) is 64.4 Å². The normalized spacial score (nSPS) is 10.3. The van der Waals surface area contributed by atoms with Crippen LogP contribution in [0.3, 0.4) is 0 Å². The molecular weight excluding hydrogens is 357 g/mol. The Morgan fingerprint density at radius 1 is 1.12 bits per heavy atom. The third kappa shape index (κ3) is 3.66. The lowest BCUT2D eigenvalue weighted by Gasteiger charge is -2.09. The fraction of sp³-hybridized carbons (Fsp3) is 0.0556. The van der Waals surface area contributed by atoms with E-state index in [4.69, 9.17) is 27.8 Å². The molecule has 0 radical (unpaired) electrons. The van der Waals surface area contributed by atoms with Crippen LogP contribution in [0.25, 0.3) is 11.3 Å². The number of nitrogens with zero attached hydrogens (tertiary/aromatic N) is 3. The van der Waals surface area contributed by atoms with Crippen molar-refractivity contribution in [3.8, 4) is 23.1 Å². The molecule has 8 heteroatoms. The van der Waals surface area contributed by atoms with E-state index in [9.17, 15) is 9.65 Å². The number of halogens is 2. The quantitative estimate of drug-likeness (QED) is 0.727. The number of hydrogen-bond acceptors (Lipinski definition) is 6. The van der Waals surface area contributed by atoms with Crippen LogP contribution in [0.2, 0.25) is 5.02 Å². The van der Waals surface area contributed by atoms with Crippen molar-refractivity contribution in [1.29, 1.82) is 5.26 Å². The Morgan fingerprint density at radius 2 is 1.85 bits per heavy atom. The highest BCUT2D eigenvalue weighted by molar-refractivity contribution is 6.30. The van der Waals surface area contributed by atoms with Gasteiger partial charge in [0.1, 0.15) is 35.6 Å². The minimum atomic E-state index is -0.475. The maximum atomic E-state index is 13.2. The zero-order valence-corrected chi connectivity index (χ0v) is 14.2. The molecule has 0 unspecified atom stereocenters. The summed E-state index contributed by atoms with van der Waals surface area (Å²) < 4.78 is 18.8. The lowest BCUT2D eigenvalue weighted by molar-refractivity contribution is 0.306. The second kappa shape index (κ2) is 7.25. The number of ether oxygens (including phenoxy) is 1. The molecular formula is C18H13ClFN5O. The smallest absolute Gasteiger partial charge is 0.222 e. The van der Waals surface area contributed by atoms with E-state index in [1.54, 1.807) is 30.3 Å². The van der Waals surface area contributed by atoms with E-state index in [-0.39, 0.29) is 29.0 Å². The van der Waals surface area contributed by atoms with Gasteiger partial charge in [-0.05, 0) is 42.0 Å². The molecule has 3 rings (SSSR count). The van der Waals surface area contributed by atoms with Crippen LogP contribution in [0.5, 0.6) is 5.75 Å². The van der Waals surface area contributed by atoms with E-state index < -0.39 is 5.82 Å². The molecule has 6 nitrogen and oxygen atoms in total. The van der Waals surface area contributed by atoms with E-state index in [1.807, 2.05) is 6.07 Å². The van der Waals surface area contributed by atoms with Crippen LogP contribution < -0.4 is 16.2 Å². The summed E-state index contributed by atoms with van der Waals surface area (Å²) in [7, 11) is 0. The van der Waals surface area contributed by atoms with Crippen LogP contribution in [0, 0.1) is 17.1 Å². The van der Waals surface area contributed by atoms with Crippen LogP contribution in [0.15, 0.2) is 42.5 Å². The number of hydrogen-bond donors (Lipinski definition) is 2. The van der Waals surface area contributed by atoms with Crippen molar-refractivity contribution in [2.45, 2.75) is 6.61 Å². The summed E-state index contributed by atoms with van der Waals surface area (Å²) in [5.74, 6) is 0.132. The SMILES string of the molecule is N#Cc1c(N)nc(N)nc1-c1ccc(OCc2ccc(F)c(Cl)c2)cc1. The lowest BCUT2D eigenvalue weighted by atomic mass is 10.1. The minimum Gasteiger partial charge on any atom is -0.489 e. The average Bonchev–Trinajstić information content (AvgIpc) is 2.62. The van der Waals surface area contributed by atoms with Gasteiger partial charge in [0.25, 0.3) is 0 Å². The molecule has 0 saturated heterocycles. The highest BCUT2D eigenvalue weighted by Gasteiger charge is 2.13. The Kier molecular flexibility index (Phi) is 4.87. The van der Waals surface area contributed by atoms with E-state index in [1.165, 1.54) is 12.1 Å². The monoisotopic (exact) mass is 369 g/mol. The minimum absolute atomic E-state index is 0.00925. The molecule has 2 aromatic carbocycles. The molecule has 1 heterocycles. The summed E-state index contributed by atoms with van der Waals surface area (Å²) in [6.07, 6.45) is 0. The number of anilines is 2. The number of rotatable bonds is 4. The number of nitrogen functional groups attached to an aromatic ring is 2. The fourth-order valence-corrected chi connectivity index (χ4v) is 2.52. The van der Waals surface area contributed by atoms with Gasteiger partial charge in [-0.1, -0.05) is 17.7 Å². The van der Waals surface area contributed by atoms with Crippen LogP contribution >= 0.6 is 11.6 Å². The largest absolute Gasteiger partial charge is 0.489 e. The predicted molar refractivity (Wildman–Crippen MR) is 96.7 cm³/mol. The highest BCUT2D eigenvalue weighted by atomic mass is 35.5. The van der Waals surface area contributed by atoms with Crippen molar-refractivity contribution in [3.63, 3.8) is 0 Å². The van der Waals surface area contributed by atoms with Gasteiger partial charge in [-0.2, -0.15) is 10.2 Å². The van der Waals surface area contributed by atoms with E-state index in [2.05, 4.69) is 9.97 Å². The predicted octanol–water partition coefficient (Wildman–Crippen LogP) is 3.55. The molecule has 0 aliphatic heterocycles. The molecule has 0 bridgehead atoms. The second-order valence-corrected chi connectivity index (χ2v) is 5.77. The van der Waals surface area contributed by atoms with Gasteiger partial charge < -0.3 is 16.2 Å². The van der Waals surface area contributed by atoms with Gasteiger partial charge in [0, 0.05) is 5.56 Å². The molecule has 3 aromatic rings. The molecule has 0 spiro atoms. The van der Waals surface area contributed by atoms with Gasteiger partial charge in [-0.15, -0.1) is 0 Å². The number of nitriles is 1. The first kappa shape index (κ1) is 17.5. The molecule has 130 valence electrons. The maximum Gasteiger partial charge on any atom is 0.222 e. The van der Waals surface area contributed by atoms with Gasteiger partial charge in [-0.3, -0.25) is 0 Å². The third-order valence-corrected chi connectivity index (χ3v) is 3.87. The Morgan fingerprint density at radius 3 is 2.50 bits per heavy atom. The van der Waals surface area contributed by atoms with Crippen LogP contribution in [-0.4, -0.2) is 9.97 Å². The summed E-state index contributed by atoms with van der Waals surface area (Å²) in [5.41, 5.74) is 13.2. The number of aromatic nitrogens is 2. The van der Waals surface area contributed by atoms with Crippen molar-refractivity contribution >= 4 is 23.4 Å². The Balaban J connectivity index is 1.79. The van der Waals surface area contributed by atoms with Crippen molar-refractivity contribution in [2.75, 3.05) is 11.5 Å². The Bertz CT molecular complexity index is 1000. The summed E-state index contributed by atoms with van der Waals surface area (Å²) in [6, 6.07) is 13.3. The first-order valence-electron chi connectivity index (χ1n) is 7.48. The van der Waals surface area contributed by atoms with E-state index in [0.717, 1.165) is 5.56 Å². The number of benzene rings is 2. The van der Waals surface area contributed by atoms with Crippen molar-refractivity contribution < 1.29 is 9.13 Å². The topological polar surface area (TPSA) is 111 Å². The van der Waals surface area contributed by atoms with Crippen LogP contribution in [0.1, 0.15) is 11.1 Å². The first-order valence-corrected chi connectivity index (χ1v) is 7.86. The van der Waals surface area contributed by atoms with Crippen molar-refractivity contribution in [2.24, 2.45) is 0 Å². The average molecular weight is 370 g/mol. The summed E-state index contributed by atoms with van der Waals surface area (Å²) in [6.45, 7) is 0.232. The molecule has 4 N–H and O–H groups in total. The number of nitrogens with two attached hydrogens (primary N) is 2. The molecule has 0 fully saturated rings. The fourth-order valence-electron chi connectivity index (χ4n) is 2.32. The summed E-state index contributed by atoms with van der Waals surface area (Å²) in [4.78, 5) is 7.87. The van der Waals surface area contributed by atoms with Crippen LogP contribution in [-0.2, 0) is 6.61 Å². The third-order valence-electron chi connectivity index (χ3n) is 3.58. The molecule has 26 heavy (non-hydrogen) atoms.